The third-order valence-corrected chi connectivity index (χ3v) is 6.15. The van der Waals surface area contributed by atoms with Crippen LogP contribution in [0.4, 0.5) is 0 Å². The zero-order valence-electron chi connectivity index (χ0n) is 16.7. The normalized spacial score (nSPS) is 26.9. The van der Waals surface area contributed by atoms with Crippen molar-refractivity contribution in [2.75, 3.05) is 7.11 Å². The van der Waals surface area contributed by atoms with E-state index in [0.29, 0.717) is 5.92 Å². The van der Waals surface area contributed by atoms with Gasteiger partial charge in [0.25, 0.3) is 0 Å². The number of fused-ring (bicyclic) bond motifs is 1. The Morgan fingerprint density at radius 2 is 1.86 bits per heavy atom. The van der Waals surface area contributed by atoms with Crippen molar-refractivity contribution in [2.45, 2.75) is 57.3 Å². The highest BCUT2D eigenvalue weighted by atomic mass is 16.5. The summed E-state index contributed by atoms with van der Waals surface area (Å²) in [6.07, 6.45) is 5.80. The van der Waals surface area contributed by atoms with Gasteiger partial charge in [-0.05, 0) is 54.2 Å². The maximum Gasteiger partial charge on any atom is 0.217 e. The summed E-state index contributed by atoms with van der Waals surface area (Å²) in [6, 6.07) is 16.9. The second-order valence-electron chi connectivity index (χ2n) is 8.01. The molecule has 1 heterocycles. The van der Waals surface area contributed by atoms with E-state index in [-0.39, 0.29) is 24.2 Å². The first-order valence-electron chi connectivity index (χ1n) is 10.3. The summed E-state index contributed by atoms with van der Waals surface area (Å²) in [5.74, 6) is 1.36. The molecule has 0 unspecified atom stereocenters. The third kappa shape index (κ3) is 4.07. The van der Waals surface area contributed by atoms with Crippen LogP contribution in [0.1, 0.15) is 50.7 Å². The quantitative estimate of drug-likeness (QED) is 0.823. The summed E-state index contributed by atoms with van der Waals surface area (Å²) >= 11 is 0. The Bertz CT molecular complexity index is 817. The molecule has 4 heteroatoms. The monoisotopic (exact) mass is 379 g/mol. The second kappa shape index (κ2) is 8.36. The fraction of sp³-hybridized carbons (Fsp3) is 0.458. The van der Waals surface area contributed by atoms with E-state index in [1.165, 1.54) is 24.0 Å². The lowest BCUT2D eigenvalue weighted by Crippen LogP contribution is -2.50. The molecule has 4 atom stereocenters. The van der Waals surface area contributed by atoms with Gasteiger partial charge in [-0.1, -0.05) is 43.2 Å². The molecule has 1 N–H and O–H groups in total. The second-order valence-corrected chi connectivity index (χ2v) is 8.01. The van der Waals surface area contributed by atoms with Gasteiger partial charge in [0.1, 0.15) is 5.75 Å². The van der Waals surface area contributed by atoms with Crippen LogP contribution in [-0.2, 0) is 9.53 Å². The number of carbonyl (C=O) groups is 1. The van der Waals surface area contributed by atoms with E-state index in [0.717, 1.165) is 30.6 Å². The van der Waals surface area contributed by atoms with Crippen LogP contribution in [0.15, 0.2) is 48.5 Å². The van der Waals surface area contributed by atoms with Crippen molar-refractivity contribution < 1.29 is 14.3 Å². The van der Waals surface area contributed by atoms with Crippen LogP contribution < -0.4 is 10.1 Å². The van der Waals surface area contributed by atoms with Crippen molar-refractivity contribution in [1.82, 2.24) is 5.32 Å². The predicted octanol–water partition coefficient (Wildman–Crippen LogP) is 4.89. The number of carbonyl (C=O) groups excluding carboxylic acids is 1. The molecular formula is C24H29NO3. The van der Waals surface area contributed by atoms with Crippen LogP contribution in [0.2, 0.25) is 0 Å². The van der Waals surface area contributed by atoms with Gasteiger partial charge in [0.05, 0.1) is 19.3 Å². The molecule has 0 bridgehead atoms. The average molecular weight is 380 g/mol. The number of benzene rings is 2. The molecule has 1 aliphatic heterocycles. The van der Waals surface area contributed by atoms with Crippen molar-refractivity contribution in [2.24, 2.45) is 5.92 Å². The smallest absolute Gasteiger partial charge is 0.217 e. The summed E-state index contributed by atoms with van der Waals surface area (Å²) in [4.78, 5) is 11.8. The molecule has 4 rings (SSSR count). The van der Waals surface area contributed by atoms with Crippen molar-refractivity contribution in [3.05, 3.63) is 54.1 Å². The molecule has 1 amide bonds. The van der Waals surface area contributed by atoms with Gasteiger partial charge >= 0.3 is 0 Å². The third-order valence-electron chi connectivity index (χ3n) is 6.15. The Labute approximate surface area is 167 Å². The molecule has 28 heavy (non-hydrogen) atoms. The van der Waals surface area contributed by atoms with E-state index in [2.05, 4.69) is 41.7 Å². The summed E-state index contributed by atoms with van der Waals surface area (Å²) in [6.45, 7) is 1.62. The van der Waals surface area contributed by atoms with E-state index in [9.17, 15) is 4.79 Å². The van der Waals surface area contributed by atoms with E-state index in [4.69, 9.17) is 9.47 Å². The van der Waals surface area contributed by atoms with Crippen LogP contribution >= 0.6 is 0 Å². The van der Waals surface area contributed by atoms with Gasteiger partial charge in [-0.3, -0.25) is 4.79 Å². The van der Waals surface area contributed by atoms with E-state index < -0.39 is 0 Å². The number of methoxy groups -OCH3 is 1. The highest BCUT2D eigenvalue weighted by Gasteiger charge is 2.40. The number of rotatable bonds is 4. The first kappa shape index (κ1) is 19.0. The Morgan fingerprint density at radius 3 is 2.61 bits per heavy atom. The first-order valence-corrected chi connectivity index (χ1v) is 10.3. The molecule has 0 radical (unpaired) electrons. The van der Waals surface area contributed by atoms with Crippen LogP contribution in [-0.4, -0.2) is 25.2 Å². The molecule has 0 spiro atoms. The predicted molar refractivity (Wildman–Crippen MR) is 110 cm³/mol. The maximum atomic E-state index is 11.8. The Balaban J connectivity index is 1.58. The summed E-state index contributed by atoms with van der Waals surface area (Å²) in [5, 5.41) is 3.21. The zero-order chi connectivity index (χ0) is 19.5. The van der Waals surface area contributed by atoms with Crippen molar-refractivity contribution in [1.29, 1.82) is 0 Å². The van der Waals surface area contributed by atoms with E-state index in [1.54, 1.807) is 14.0 Å². The summed E-state index contributed by atoms with van der Waals surface area (Å²) < 4.78 is 11.8. The minimum atomic E-state index is 0.0226. The van der Waals surface area contributed by atoms with Crippen LogP contribution in [0.3, 0.4) is 0 Å². The highest BCUT2D eigenvalue weighted by Crippen LogP contribution is 2.42. The van der Waals surface area contributed by atoms with Gasteiger partial charge in [-0.2, -0.15) is 0 Å². The summed E-state index contributed by atoms with van der Waals surface area (Å²) in [5.41, 5.74) is 3.52. The van der Waals surface area contributed by atoms with Crippen molar-refractivity contribution >= 4 is 5.91 Å². The number of ether oxygens (including phenoxy) is 2. The maximum absolute atomic E-state index is 11.8. The largest absolute Gasteiger partial charge is 0.497 e. The fourth-order valence-electron chi connectivity index (χ4n) is 4.77. The lowest BCUT2D eigenvalue weighted by Gasteiger charge is -2.45. The fourth-order valence-corrected chi connectivity index (χ4v) is 4.77. The first-order chi connectivity index (χ1) is 13.6. The Kier molecular flexibility index (Phi) is 5.67. The Morgan fingerprint density at radius 1 is 1.07 bits per heavy atom. The minimum Gasteiger partial charge on any atom is -0.497 e. The number of hydrogen-bond acceptors (Lipinski definition) is 3. The lowest BCUT2D eigenvalue weighted by molar-refractivity contribution is -0.131. The van der Waals surface area contributed by atoms with Gasteiger partial charge in [0, 0.05) is 18.9 Å². The van der Waals surface area contributed by atoms with Gasteiger partial charge < -0.3 is 14.8 Å². The zero-order valence-corrected chi connectivity index (χ0v) is 16.7. The average Bonchev–Trinajstić information content (AvgIpc) is 2.73. The topological polar surface area (TPSA) is 47.6 Å². The van der Waals surface area contributed by atoms with E-state index in [1.807, 2.05) is 12.1 Å². The van der Waals surface area contributed by atoms with Crippen LogP contribution in [0, 0.1) is 5.92 Å². The SMILES string of the molecule is COc1ccc(-c2cccc([C@H]3C[C@@H](NC(C)=O)[C@@H]4CCCC[C@H]4O3)c2)cc1. The molecule has 1 aliphatic carbocycles. The van der Waals surface area contributed by atoms with Gasteiger partial charge in [0.2, 0.25) is 5.91 Å². The molecule has 1 saturated heterocycles. The van der Waals surface area contributed by atoms with Crippen LogP contribution in [0.25, 0.3) is 11.1 Å². The van der Waals surface area contributed by atoms with Crippen molar-refractivity contribution in [3.63, 3.8) is 0 Å². The van der Waals surface area contributed by atoms with Crippen LogP contribution in [0.5, 0.6) is 5.75 Å². The number of hydrogen-bond donors (Lipinski definition) is 1. The molecule has 2 fully saturated rings. The lowest BCUT2D eigenvalue weighted by atomic mass is 9.76. The molecule has 2 aromatic carbocycles. The molecule has 4 nitrogen and oxygen atoms in total. The number of amides is 1. The molecule has 2 aliphatic rings. The molecule has 0 aromatic heterocycles. The molecule has 2 aromatic rings. The standard InChI is InChI=1S/C24H29NO3/c1-16(26)25-22-15-24(28-23-9-4-3-8-21(22)23)19-7-5-6-18(14-19)17-10-12-20(27-2)13-11-17/h5-7,10-14,21-24H,3-4,8-9,15H2,1-2H3,(H,25,26)/t21-,22+,23+,24+/m0/s1. The molecule has 1 saturated carbocycles. The minimum absolute atomic E-state index is 0.0226. The van der Waals surface area contributed by atoms with Crippen molar-refractivity contribution in [3.8, 4) is 16.9 Å². The molecule has 148 valence electrons. The highest BCUT2D eigenvalue weighted by molar-refractivity contribution is 5.73. The number of nitrogens with one attached hydrogen (secondary N) is 1. The summed E-state index contributed by atoms with van der Waals surface area (Å²) in [7, 11) is 1.68. The molecular weight excluding hydrogens is 350 g/mol. The van der Waals surface area contributed by atoms with Gasteiger partial charge in [-0.15, -0.1) is 0 Å². The van der Waals surface area contributed by atoms with Gasteiger partial charge in [0.15, 0.2) is 0 Å². The van der Waals surface area contributed by atoms with Gasteiger partial charge in [-0.25, -0.2) is 0 Å². The van der Waals surface area contributed by atoms with E-state index >= 15 is 0 Å². The Hall–Kier alpha value is -2.33.